The van der Waals surface area contributed by atoms with Crippen molar-refractivity contribution in [1.82, 2.24) is 14.5 Å². The molecule has 0 radical (unpaired) electrons. The highest BCUT2D eigenvalue weighted by Gasteiger charge is 2.41. The Morgan fingerprint density at radius 2 is 1.76 bits per heavy atom. The fourth-order valence-corrected chi connectivity index (χ4v) is 5.15. The van der Waals surface area contributed by atoms with Gasteiger partial charge >= 0.3 is 12.4 Å². The number of hydrogen-bond acceptors (Lipinski definition) is 6. The second kappa shape index (κ2) is 12.5. The Hall–Kier alpha value is -2.58. The zero-order valence-electron chi connectivity index (χ0n) is 21.2. The number of ether oxygens (including phenoxy) is 1. The number of aliphatic hydroxyl groups is 1. The SMILES string of the molecule is CS(=O)(=O)NCC1CC(N(C(=O)CCO)C2CC2)CN(C(N)=O)C1.FC(F)(F)Oc1ccc(C2CC2)cc1. The van der Waals surface area contributed by atoms with Crippen molar-refractivity contribution in [3.63, 3.8) is 0 Å². The molecule has 2 unspecified atom stereocenters. The number of sulfonamides is 1. The third kappa shape index (κ3) is 9.95. The molecule has 2 atom stereocenters. The van der Waals surface area contributed by atoms with E-state index in [9.17, 15) is 31.2 Å². The van der Waals surface area contributed by atoms with Crippen LogP contribution in [0.15, 0.2) is 24.3 Å². The minimum absolute atomic E-state index is 0.0514. The fourth-order valence-electron chi connectivity index (χ4n) is 4.61. The minimum atomic E-state index is -4.60. The van der Waals surface area contributed by atoms with Crippen molar-refractivity contribution in [1.29, 1.82) is 0 Å². The maximum absolute atomic E-state index is 12.3. The first-order valence-electron chi connectivity index (χ1n) is 12.5. The van der Waals surface area contributed by atoms with Gasteiger partial charge in [0.2, 0.25) is 15.9 Å². The Morgan fingerprint density at radius 1 is 1.13 bits per heavy atom. The number of benzene rings is 1. The first kappa shape index (κ1) is 30.0. The highest BCUT2D eigenvalue weighted by Crippen LogP contribution is 2.40. The predicted octanol–water partition coefficient (Wildman–Crippen LogP) is 2.14. The average molecular weight is 565 g/mol. The van der Waals surface area contributed by atoms with Crippen LogP contribution < -0.4 is 15.2 Å². The molecular formula is C24H35F3N4O6S. The normalized spacial score (nSPS) is 21.8. The summed E-state index contributed by atoms with van der Waals surface area (Å²) in [5.41, 5.74) is 6.50. The number of nitrogens with zero attached hydrogens (tertiary/aromatic N) is 2. The van der Waals surface area contributed by atoms with Gasteiger partial charge in [-0.25, -0.2) is 17.9 Å². The summed E-state index contributed by atoms with van der Waals surface area (Å²) in [6, 6.07) is 5.48. The van der Waals surface area contributed by atoms with E-state index < -0.39 is 22.4 Å². The Balaban J connectivity index is 0.000000241. The molecule has 214 valence electrons. The number of nitrogens with one attached hydrogen (secondary N) is 1. The maximum atomic E-state index is 12.3. The molecule has 1 aromatic rings. The number of likely N-dealkylation sites (tertiary alicyclic amines) is 1. The molecule has 3 aliphatic rings. The van der Waals surface area contributed by atoms with Crippen LogP contribution in [0.5, 0.6) is 5.75 Å². The number of halogens is 3. The number of piperidine rings is 1. The van der Waals surface area contributed by atoms with Gasteiger partial charge in [0.25, 0.3) is 0 Å². The van der Waals surface area contributed by atoms with E-state index in [-0.39, 0.29) is 49.2 Å². The average Bonchev–Trinajstić information content (AvgIpc) is 3.72. The molecular weight excluding hydrogens is 529 g/mol. The Kier molecular flexibility index (Phi) is 9.87. The number of urea groups is 1. The number of alkyl halides is 3. The first-order chi connectivity index (χ1) is 17.8. The zero-order chi connectivity index (χ0) is 28.1. The lowest BCUT2D eigenvalue weighted by Crippen LogP contribution is -2.57. The van der Waals surface area contributed by atoms with Crippen LogP contribution in [0.1, 0.15) is 50.0 Å². The summed E-state index contributed by atoms with van der Waals surface area (Å²) in [6.07, 6.45) is 1.24. The van der Waals surface area contributed by atoms with Crippen LogP contribution in [-0.4, -0.2) is 86.2 Å². The number of primary amides is 1. The van der Waals surface area contributed by atoms with Gasteiger partial charge in [0.05, 0.1) is 18.9 Å². The molecule has 4 N–H and O–H groups in total. The molecule has 0 bridgehead atoms. The molecule has 4 rings (SSSR count). The summed E-state index contributed by atoms with van der Waals surface area (Å²) < 4.78 is 64.2. The second-order valence-corrected chi connectivity index (χ2v) is 11.8. The largest absolute Gasteiger partial charge is 0.573 e. The highest BCUT2D eigenvalue weighted by molar-refractivity contribution is 7.88. The van der Waals surface area contributed by atoms with Crippen LogP contribution >= 0.6 is 0 Å². The van der Waals surface area contributed by atoms with Crippen LogP contribution in [0, 0.1) is 5.92 Å². The number of carbonyl (C=O) groups excluding carboxylic acids is 2. The summed E-state index contributed by atoms with van der Waals surface area (Å²) in [5.74, 6) is 0.150. The fraction of sp³-hybridized carbons (Fsp3) is 0.667. The van der Waals surface area contributed by atoms with Gasteiger partial charge in [-0.05, 0) is 61.6 Å². The number of hydrogen-bond donors (Lipinski definition) is 3. The number of carbonyl (C=O) groups is 2. The van der Waals surface area contributed by atoms with E-state index in [1.54, 1.807) is 17.0 Å². The molecule has 1 aliphatic heterocycles. The molecule has 0 spiro atoms. The predicted molar refractivity (Wildman–Crippen MR) is 133 cm³/mol. The Labute approximate surface area is 220 Å². The van der Waals surface area contributed by atoms with Crippen LogP contribution in [0.2, 0.25) is 0 Å². The van der Waals surface area contributed by atoms with Crippen molar-refractivity contribution >= 4 is 22.0 Å². The summed E-state index contributed by atoms with van der Waals surface area (Å²) in [6.45, 7) is 0.693. The molecule has 14 heteroatoms. The van der Waals surface area contributed by atoms with E-state index in [1.165, 1.54) is 17.0 Å². The third-order valence-electron chi connectivity index (χ3n) is 6.57. The van der Waals surface area contributed by atoms with Crippen LogP contribution in [0.4, 0.5) is 18.0 Å². The van der Waals surface area contributed by atoms with Gasteiger partial charge in [-0.15, -0.1) is 13.2 Å². The van der Waals surface area contributed by atoms with Gasteiger partial charge in [-0.1, -0.05) is 12.1 Å². The summed E-state index contributed by atoms with van der Waals surface area (Å²) in [7, 11) is -3.33. The summed E-state index contributed by atoms with van der Waals surface area (Å²) >= 11 is 0. The number of rotatable bonds is 9. The van der Waals surface area contributed by atoms with Gasteiger partial charge in [-0.3, -0.25) is 4.79 Å². The van der Waals surface area contributed by atoms with Crippen molar-refractivity contribution in [2.75, 3.05) is 32.5 Å². The van der Waals surface area contributed by atoms with Crippen molar-refractivity contribution < 1.29 is 41.0 Å². The number of amides is 3. The Morgan fingerprint density at radius 3 is 2.24 bits per heavy atom. The molecule has 2 saturated carbocycles. The van der Waals surface area contributed by atoms with E-state index in [0.29, 0.717) is 25.4 Å². The molecule has 10 nitrogen and oxygen atoms in total. The number of nitrogens with two attached hydrogens (primary N) is 1. The van der Waals surface area contributed by atoms with Gasteiger partial charge in [0, 0.05) is 32.1 Å². The lowest BCUT2D eigenvalue weighted by Gasteiger charge is -2.42. The van der Waals surface area contributed by atoms with Crippen molar-refractivity contribution in [3.05, 3.63) is 29.8 Å². The van der Waals surface area contributed by atoms with Gasteiger partial charge in [0.1, 0.15) is 5.75 Å². The van der Waals surface area contributed by atoms with Gasteiger partial charge in [0.15, 0.2) is 0 Å². The zero-order valence-corrected chi connectivity index (χ0v) is 22.0. The van der Waals surface area contributed by atoms with Crippen molar-refractivity contribution in [3.8, 4) is 5.75 Å². The third-order valence-corrected chi connectivity index (χ3v) is 7.26. The quantitative estimate of drug-likeness (QED) is 0.420. The van der Waals surface area contributed by atoms with Crippen LogP contribution in [-0.2, 0) is 14.8 Å². The van der Waals surface area contributed by atoms with E-state index in [1.807, 2.05) is 0 Å². The molecule has 3 amide bonds. The molecule has 1 heterocycles. The van der Waals surface area contributed by atoms with Crippen molar-refractivity contribution in [2.24, 2.45) is 11.7 Å². The molecule has 1 saturated heterocycles. The minimum Gasteiger partial charge on any atom is -0.406 e. The lowest BCUT2D eigenvalue weighted by atomic mass is 9.93. The van der Waals surface area contributed by atoms with E-state index >= 15 is 0 Å². The topological polar surface area (TPSA) is 142 Å². The monoisotopic (exact) mass is 564 g/mol. The van der Waals surface area contributed by atoms with E-state index in [2.05, 4.69) is 9.46 Å². The second-order valence-electron chi connectivity index (χ2n) is 10.0. The lowest BCUT2D eigenvalue weighted by molar-refractivity contribution is -0.274. The maximum Gasteiger partial charge on any atom is 0.573 e. The molecule has 2 aliphatic carbocycles. The molecule has 3 fully saturated rings. The first-order valence-corrected chi connectivity index (χ1v) is 14.4. The van der Waals surface area contributed by atoms with Crippen LogP contribution in [0.25, 0.3) is 0 Å². The van der Waals surface area contributed by atoms with Gasteiger partial charge < -0.3 is 25.4 Å². The highest BCUT2D eigenvalue weighted by atomic mass is 32.2. The van der Waals surface area contributed by atoms with E-state index in [4.69, 9.17) is 10.8 Å². The number of aliphatic hydroxyl groups excluding tert-OH is 1. The van der Waals surface area contributed by atoms with Gasteiger partial charge in [-0.2, -0.15) is 0 Å². The van der Waals surface area contributed by atoms with E-state index in [0.717, 1.165) is 37.5 Å². The molecule has 38 heavy (non-hydrogen) atoms. The molecule has 0 aromatic heterocycles. The molecule has 1 aromatic carbocycles. The summed E-state index contributed by atoms with van der Waals surface area (Å²) in [5, 5.41) is 9.04. The van der Waals surface area contributed by atoms with Crippen LogP contribution in [0.3, 0.4) is 0 Å². The Bertz CT molecular complexity index is 1060. The summed E-state index contributed by atoms with van der Waals surface area (Å²) in [4.78, 5) is 27.2. The standard InChI is InChI=1S/C14H26N4O5S.C10H9F3O/c1-24(22,23)16-7-10-6-12(9-17(8-10)14(15)21)18(11-2-3-11)13(20)4-5-19;11-10(12,13)14-9-5-3-8(4-6-9)7-1-2-7/h10-12,16,19H,2-9H2,1H3,(H2,15,21);3-7H,1-2H2. The smallest absolute Gasteiger partial charge is 0.406 e. The van der Waals surface area contributed by atoms with Crippen molar-refractivity contribution in [2.45, 2.75) is 62.9 Å².